The summed E-state index contributed by atoms with van der Waals surface area (Å²) in [5, 5.41) is 15.7. The van der Waals surface area contributed by atoms with Crippen LogP contribution in [0.5, 0.6) is 0 Å². The molecule has 0 amide bonds. The molecule has 0 aliphatic carbocycles. The lowest BCUT2D eigenvalue weighted by Gasteiger charge is -2.19. The quantitative estimate of drug-likeness (QED) is 0.916. The SMILES string of the molecule is CCNC(Cc1nnn(C)n1)c1cc(Br)ccc1C. The van der Waals surface area contributed by atoms with E-state index < -0.39 is 0 Å². The average Bonchev–Trinajstić information content (AvgIpc) is 2.77. The number of nitrogens with one attached hydrogen (secondary N) is 1. The zero-order valence-corrected chi connectivity index (χ0v) is 13.0. The molecule has 0 saturated heterocycles. The second-order valence-electron chi connectivity index (χ2n) is 4.51. The molecule has 102 valence electrons. The lowest BCUT2D eigenvalue weighted by Crippen LogP contribution is -2.24. The first-order valence-electron chi connectivity index (χ1n) is 6.32. The van der Waals surface area contributed by atoms with Gasteiger partial charge >= 0.3 is 0 Å². The van der Waals surface area contributed by atoms with Gasteiger partial charge in [-0.05, 0) is 41.9 Å². The first-order chi connectivity index (χ1) is 9.10. The standard InChI is InChI=1S/C13H18BrN5/c1-4-15-12(8-13-16-18-19(3)17-13)11-7-10(14)6-5-9(11)2/h5-7,12,15H,4,8H2,1-3H3. The number of nitrogens with zero attached hydrogens (tertiary/aromatic N) is 4. The van der Waals surface area contributed by atoms with Crippen molar-refractivity contribution in [1.82, 2.24) is 25.5 Å². The van der Waals surface area contributed by atoms with Crippen molar-refractivity contribution in [3.05, 3.63) is 39.6 Å². The van der Waals surface area contributed by atoms with Crippen LogP contribution in [0.25, 0.3) is 0 Å². The Hall–Kier alpha value is -1.27. The smallest absolute Gasteiger partial charge is 0.176 e. The van der Waals surface area contributed by atoms with E-state index in [0.717, 1.165) is 23.3 Å². The molecule has 1 N–H and O–H groups in total. The highest BCUT2D eigenvalue weighted by Crippen LogP contribution is 2.24. The van der Waals surface area contributed by atoms with Gasteiger partial charge in [-0.15, -0.1) is 10.2 Å². The van der Waals surface area contributed by atoms with Crippen molar-refractivity contribution >= 4 is 15.9 Å². The molecule has 0 aliphatic rings. The fraction of sp³-hybridized carbons (Fsp3) is 0.462. The summed E-state index contributed by atoms with van der Waals surface area (Å²) in [6, 6.07) is 6.53. The maximum atomic E-state index is 4.25. The van der Waals surface area contributed by atoms with E-state index in [1.165, 1.54) is 15.9 Å². The van der Waals surface area contributed by atoms with Crippen molar-refractivity contribution in [2.75, 3.05) is 6.54 Å². The second-order valence-corrected chi connectivity index (χ2v) is 5.43. The van der Waals surface area contributed by atoms with Crippen LogP contribution in [0.4, 0.5) is 0 Å². The molecule has 1 atom stereocenters. The minimum Gasteiger partial charge on any atom is -0.310 e. The molecule has 2 rings (SSSR count). The Morgan fingerprint density at radius 1 is 1.42 bits per heavy atom. The Bertz CT molecular complexity index is 552. The van der Waals surface area contributed by atoms with Crippen molar-refractivity contribution in [1.29, 1.82) is 0 Å². The third-order valence-electron chi connectivity index (χ3n) is 3.00. The van der Waals surface area contributed by atoms with Gasteiger partial charge in [0, 0.05) is 16.9 Å². The number of hydrogen-bond acceptors (Lipinski definition) is 4. The number of aromatic nitrogens is 4. The van der Waals surface area contributed by atoms with Gasteiger partial charge in [-0.3, -0.25) is 0 Å². The van der Waals surface area contributed by atoms with Crippen molar-refractivity contribution in [3.63, 3.8) is 0 Å². The van der Waals surface area contributed by atoms with Crippen LogP contribution >= 0.6 is 15.9 Å². The highest BCUT2D eigenvalue weighted by molar-refractivity contribution is 9.10. The Kier molecular flexibility index (Phi) is 4.66. The molecule has 0 saturated carbocycles. The third kappa shape index (κ3) is 3.61. The summed E-state index contributed by atoms with van der Waals surface area (Å²) in [4.78, 5) is 1.49. The number of benzene rings is 1. The monoisotopic (exact) mass is 323 g/mol. The molecule has 0 bridgehead atoms. The normalized spacial score (nSPS) is 12.6. The molecule has 0 fully saturated rings. The van der Waals surface area contributed by atoms with Crippen LogP contribution in [-0.2, 0) is 13.5 Å². The number of halogens is 1. The minimum atomic E-state index is 0.201. The van der Waals surface area contributed by atoms with Gasteiger partial charge in [-0.1, -0.05) is 28.9 Å². The van der Waals surface area contributed by atoms with Crippen LogP contribution in [0.2, 0.25) is 0 Å². The van der Waals surface area contributed by atoms with Crippen LogP contribution in [-0.4, -0.2) is 26.8 Å². The zero-order chi connectivity index (χ0) is 13.8. The Morgan fingerprint density at radius 3 is 2.84 bits per heavy atom. The van der Waals surface area contributed by atoms with Gasteiger partial charge in [0.15, 0.2) is 5.82 Å². The molecule has 6 heteroatoms. The molecule has 1 heterocycles. The van der Waals surface area contributed by atoms with Crippen molar-refractivity contribution < 1.29 is 0 Å². The Balaban J connectivity index is 2.26. The highest BCUT2D eigenvalue weighted by atomic mass is 79.9. The van der Waals surface area contributed by atoms with Crippen molar-refractivity contribution in [3.8, 4) is 0 Å². The van der Waals surface area contributed by atoms with Gasteiger partial charge < -0.3 is 5.32 Å². The van der Waals surface area contributed by atoms with E-state index in [1.807, 2.05) is 0 Å². The van der Waals surface area contributed by atoms with Crippen LogP contribution in [0.15, 0.2) is 22.7 Å². The van der Waals surface area contributed by atoms with Gasteiger partial charge in [0.1, 0.15) is 0 Å². The van der Waals surface area contributed by atoms with E-state index in [1.54, 1.807) is 7.05 Å². The van der Waals surface area contributed by atoms with Crippen LogP contribution in [0.1, 0.15) is 29.9 Å². The molecule has 5 nitrogen and oxygen atoms in total. The second kappa shape index (κ2) is 6.25. The number of likely N-dealkylation sites (N-methyl/N-ethyl adjacent to an activating group) is 1. The van der Waals surface area contributed by atoms with Crippen LogP contribution in [0, 0.1) is 6.92 Å². The molecule has 19 heavy (non-hydrogen) atoms. The summed E-state index contributed by atoms with van der Waals surface area (Å²) in [7, 11) is 1.78. The van der Waals surface area contributed by atoms with E-state index in [0.29, 0.717) is 0 Å². The van der Waals surface area contributed by atoms with Gasteiger partial charge in [-0.25, -0.2) is 0 Å². The number of hydrogen-bond donors (Lipinski definition) is 1. The summed E-state index contributed by atoms with van der Waals surface area (Å²) in [5.74, 6) is 0.757. The van der Waals surface area contributed by atoms with E-state index in [2.05, 4.69) is 68.7 Å². The summed E-state index contributed by atoms with van der Waals surface area (Å²) in [6.45, 7) is 5.12. The molecule has 1 aromatic heterocycles. The molecular formula is C13H18BrN5. The summed E-state index contributed by atoms with van der Waals surface area (Å²) in [6.07, 6.45) is 0.735. The van der Waals surface area contributed by atoms with E-state index in [9.17, 15) is 0 Å². The van der Waals surface area contributed by atoms with Crippen molar-refractivity contribution in [2.24, 2.45) is 7.05 Å². The lowest BCUT2D eigenvalue weighted by atomic mass is 9.98. The lowest BCUT2D eigenvalue weighted by molar-refractivity contribution is 0.532. The third-order valence-corrected chi connectivity index (χ3v) is 3.50. The van der Waals surface area contributed by atoms with Crippen molar-refractivity contribution in [2.45, 2.75) is 26.3 Å². The molecule has 0 radical (unpaired) electrons. The number of rotatable bonds is 5. The molecule has 1 aromatic carbocycles. The topological polar surface area (TPSA) is 55.6 Å². The van der Waals surface area contributed by atoms with E-state index >= 15 is 0 Å². The van der Waals surface area contributed by atoms with E-state index in [-0.39, 0.29) is 6.04 Å². The van der Waals surface area contributed by atoms with Crippen LogP contribution in [0.3, 0.4) is 0 Å². The maximum absolute atomic E-state index is 4.25. The van der Waals surface area contributed by atoms with Gasteiger partial charge in [0.05, 0.1) is 7.05 Å². The molecule has 2 aromatic rings. The largest absolute Gasteiger partial charge is 0.310 e. The minimum absolute atomic E-state index is 0.201. The average molecular weight is 324 g/mol. The van der Waals surface area contributed by atoms with Gasteiger partial charge in [-0.2, -0.15) is 4.80 Å². The maximum Gasteiger partial charge on any atom is 0.176 e. The molecule has 0 spiro atoms. The van der Waals surface area contributed by atoms with Crippen LogP contribution < -0.4 is 5.32 Å². The number of aryl methyl sites for hydroxylation is 2. The molecule has 0 aliphatic heterocycles. The Labute approximate surface area is 121 Å². The molecular weight excluding hydrogens is 306 g/mol. The fourth-order valence-corrected chi connectivity index (χ4v) is 2.49. The highest BCUT2D eigenvalue weighted by Gasteiger charge is 2.16. The first-order valence-corrected chi connectivity index (χ1v) is 7.11. The predicted molar refractivity (Wildman–Crippen MR) is 77.8 cm³/mol. The number of tetrazole rings is 1. The van der Waals surface area contributed by atoms with Gasteiger partial charge in [0.25, 0.3) is 0 Å². The van der Waals surface area contributed by atoms with E-state index in [4.69, 9.17) is 0 Å². The summed E-state index contributed by atoms with van der Waals surface area (Å²) < 4.78 is 1.09. The fourth-order valence-electron chi connectivity index (χ4n) is 2.11. The summed E-state index contributed by atoms with van der Waals surface area (Å²) >= 11 is 3.53. The van der Waals surface area contributed by atoms with Gasteiger partial charge in [0.2, 0.25) is 0 Å². The molecule has 1 unspecified atom stereocenters. The first kappa shape index (κ1) is 14.1. The zero-order valence-electron chi connectivity index (χ0n) is 11.4. The summed E-state index contributed by atoms with van der Waals surface area (Å²) in [5.41, 5.74) is 2.53. The Morgan fingerprint density at radius 2 is 2.21 bits per heavy atom. The predicted octanol–water partition coefficient (Wildman–Crippen LogP) is 2.17.